The number of nitrogens with one attached hydrogen (secondary N) is 2. The molecular weight excluding hydrogens is 311 g/mol. The van der Waals surface area contributed by atoms with Gasteiger partial charge in [-0.2, -0.15) is 0 Å². The fraction of sp³-hybridized carbons (Fsp3) is 0.111. The van der Waals surface area contributed by atoms with Crippen molar-refractivity contribution < 1.29 is 18.7 Å². The highest BCUT2D eigenvalue weighted by atomic mass is 19.1. The molecule has 0 unspecified atom stereocenters. The first kappa shape index (κ1) is 15.7. The number of aromatic nitrogens is 1. The molecule has 6 heteroatoms. The van der Waals surface area contributed by atoms with Crippen LogP contribution in [0.4, 0.5) is 4.39 Å². The predicted molar refractivity (Wildman–Crippen MR) is 86.8 cm³/mol. The topological polar surface area (TPSA) is 71.2 Å². The van der Waals surface area contributed by atoms with Crippen LogP contribution in [0.2, 0.25) is 0 Å². The fourth-order valence-corrected chi connectivity index (χ4v) is 2.25. The maximum Gasteiger partial charge on any atom is 0.355 e. The van der Waals surface area contributed by atoms with Crippen molar-refractivity contribution in [3.05, 3.63) is 71.7 Å². The van der Waals surface area contributed by atoms with Crippen LogP contribution in [0.3, 0.4) is 0 Å². The highest BCUT2D eigenvalue weighted by Gasteiger charge is 2.12. The fourth-order valence-electron chi connectivity index (χ4n) is 2.25. The number of hydrogen-bond acceptors (Lipinski definition) is 3. The summed E-state index contributed by atoms with van der Waals surface area (Å²) in [5, 5.41) is 3.50. The third-order valence-corrected chi connectivity index (χ3v) is 3.49. The molecule has 0 aliphatic heterocycles. The van der Waals surface area contributed by atoms with Crippen molar-refractivity contribution in [2.45, 2.75) is 6.54 Å². The second kappa shape index (κ2) is 6.95. The number of fused-ring (bicyclic) bond motifs is 1. The first-order chi connectivity index (χ1) is 11.6. The first-order valence-corrected chi connectivity index (χ1v) is 7.38. The van der Waals surface area contributed by atoms with E-state index in [9.17, 15) is 14.0 Å². The smallest absolute Gasteiger partial charge is 0.355 e. The van der Waals surface area contributed by atoms with Crippen molar-refractivity contribution in [3.63, 3.8) is 0 Å². The Bertz CT molecular complexity index is 838. The quantitative estimate of drug-likeness (QED) is 0.708. The number of aromatic amines is 1. The summed E-state index contributed by atoms with van der Waals surface area (Å²) >= 11 is 0. The van der Waals surface area contributed by atoms with Gasteiger partial charge in [0.05, 0.1) is 0 Å². The van der Waals surface area contributed by atoms with Gasteiger partial charge in [-0.3, -0.25) is 4.79 Å². The van der Waals surface area contributed by atoms with Crippen molar-refractivity contribution in [1.82, 2.24) is 10.3 Å². The normalized spacial score (nSPS) is 10.5. The average molecular weight is 326 g/mol. The Morgan fingerprint density at radius 2 is 1.83 bits per heavy atom. The Morgan fingerprint density at radius 3 is 2.58 bits per heavy atom. The van der Waals surface area contributed by atoms with Gasteiger partial charge in [-0.05, 0) is 29.8 Å². The third kappa shape index (κ3) is 3.78. The van der Waals surface area contributed by atoms with Crippen LogP contribution in [0.25, 0.3) is 10.9 Å². The van der Waals surface area contributed by atoms with Gasteiger partial charge < -0.3 is 15.0 Å². The van der Waals surface area contributed by atoms with E-state index in [-0.39, 0.29) is 19.0 Å². The largest absolute Gasteiger partial charge is 0.451 e. The monoisotopic (exact) mass is 326 g/mol. The molecule has 0 radical (unpaired) electrons. The molecule has 1 aromatic heterocycles. The minimum atomic E-state index is -0.594. The van der Waals surface area contributed by atoms with E-state index in [1.54, 1.807) is 18.2 Å². The highest BCUT2D eigenvalue weighted by Crippen LogP contribution is 2.15. The molecule has 5 nitrogen and oxygen atoms in total. The second-order valence-corrected chi connectivity index (χ2v) is 5.25. The van der Waals surface area contributed by atoms with Crippen LogP contribution in [-0.2, 0) is 16.1 Å². The van der Waals surface area contributed by atoms with Gasteiger partial charge in [-0.25, -0.2) is 9.18 Å². The van der Waals surface area contributed by atoms with Gasteiger partial charge in [0.1, 0.15) is 11.5 Å². The molecule has 0 atom stereocenters. The summed E-state index contributed by atoms with van der Waals surface area (Å²) in [4.78, 5) is 26.6. The molecule has 1 amide bonds. The van der Waals surface area contributed by atoms with Gasteiger partial charge in [0.25, 0.3) is 5.91 Å². The summed E-state index contributed by atoms with van der Waals surface area (Å²) in [7, 11) is 0. The number of hydrogen-bond donors (Lipinski definition) is 2. The van der Waals surface area contributed by atoms with E-state index in [4.69, 9.17) is 4.74 Å². The molecule has 2 aromatic carbocycles. The SMILES string of the molecule is O=C(COC(=O)c1cc2ccccc2[nH]1)NCc1ccc(F)cc1. The molecule has 3 rings (SSSR count). The average Bonchev–Trinajstić information content (AvgIpc) is 3.03. The maximum atomic E-state index is 12.8. The minimum Gasteiger partial charge on any atom is -0.451 e. The van der Waals surface area contributed by atoms with Gasteiger partial charge in [0, 0.05) is 17.4 Å². The number of amides is 1. The lowest BCUT2D eigenvalue weighted by Gasteiger charge is -2.06. The number of H-pyrrole nitrogens is 1. The standard InChI is InChI=1S/C18H15FN2O3/c19-14-7-5-12(6-8-14)10-20-17(22)11-24-18(23)16-9-13-3-1-2-4-15(13)21-16/h1-9,21H,10-11H2,(H,20,22). The van der Waals surface area contributed by atoms with E-state index >= 15 is 0 Å². The van der Waals surface area contributed by atoms with Crippen molar-refractivity contribution in [2.24, 2.45) is 0 Å². The lowest BCUT2D eigenvalue weighted by Crippen LogP contribution is -2.28. The molecule has 1 heterocycles. The van der Waals surface area contributed by atoms with E-state index < -0.39 is 11.9 Å². The maximum absolute atomic E-state index is 12.8. The minimum absolute atomic E-state index is 0.239. The Kier molecular flexibility index (Phi) is 4.56. The van der Waals surface area contributed by atoms with E-state index in [0.717, 1.165) is 16.5 Å². The van der Waals surface area contributed by atoms with Crippen LogP contribution < -0.4 is 5.32 Å². The summed E-state index contributed by atoms with van der Waals surface area (Å²) in [5.74, 6) is -1.36. The van der Waals surface area contributed by atoms with E-state index in [2.05, 4.69) is 10.3 Å². The lowest BCUT2D eigenvalue weighted by atomic mass is 10.2. The number of benzene rings is 2. The summed E-state index contributed by atoms with van der Waals surface area (Å²) in [5.41, 5.74) is 1.87. The summed E-state index contributed by atoms with van der Waals surface area (Å²) in [6.45, 7) is -0.140. The molecule has 2 N–H and O–H groups in total. The van der Waals surface area contributed by atoms with Crippen LogP contribution in [0.5, 0.6) is 0 Å². The van der Waals surface area contributed by atoms with Gasteiger partial charge >= 0.3 is 5.97 Å². The van der Waals surface area contributed by atoms with Crippen molar-refractivity contribution in [3.8, 4) is 0 Å². The Balaban J connectivity index is 1.50. The van der Waals surface area contributed by atoms with E-state index in [1.165, 1.54) is 12.1 Å². The molecular formula is C18H15FN2O3. The van der Waals surface area contributed by atoms with Gasteiger partial charge in [-0.1, -0.05) is 30.3 Å². The van der Waals surface area contributed by atoms with E-state index in [0.29, 0.717) is 5.69 Å². The van der Waals surface area contributed by atoms with Crippen LogP contribution in [0, 0.1) is 5.82 Å². The van der Waals surface area contributed by atoms with Crippen molar-refractivity contribution >= 4 is 22.8 Å². The number of carbonyl (C=O) groups is 2. The second-order valence-electron chi connectivity index (χ2n) is 5.25. The van der Waals surface area contributed by atoms with E-state index in [1.807, 2.05) is 24.3 Å². The zero-order valence-corrected chi connectivity index (χ0v) is 12.7. The number of ether oxygens (including phenoxy) is 1. The molecule has 24 heavy (non-hydrogen) atoms. The molecule has 122 valence electrons. The molecule has 0 bridgehead atoms. The van der Waals surface area contributed by atoms with Crippen LogP contribution in [0.1, 0.15) is 16.1 Å². The van der Waals surface area contributed by atoms with Crippen LogP contribution >= 0.6 is 0 Å². The number of rotatable bonds is 5. The van der Waals surface area contributed by atoms with Gasteiger partial charge in [0.15, 0.2) is 6.61 Å². The highest BCUT2D eigenvalue weighted by molar-refractivity contribution is 5.95. The number of esters is 1. The summed E-state index contributed by atoms with van der Waals surface area (Å²) in [6.07, 6.45) is 0. The third-order valence-electron chi connectivity index (χ3n) is 3.49. The molecule has 0 saturated carbocycles. The summed E-state index contributed by atoms with van der Waals surface area (Å²) in [6, 6.07) is 14.9. The van der Waals surface area contributed by atoms with Crippen molar-refractivity contribution in [2.75, 3.05) is 6.61 Å². The predicted octanol–water partition coefficient (Wildman–Crippen LogP) is 2.78. The Morgan fingerprint density at radius 1 is 1.08 bits per heavy atom. The summed E-state index contributed by atoms with van der Waals surface area (Å²) < 4.78 is 17.8. The molecule has 0 aliphatic rings. The van der Waals surface area contributed by atoms with Gasteiger partial charge in [0.2, 0.25) is 0 Å². The number of para-hydroxylation sites is 1. The Hall–Kier alpha value is -3.15. The number of carbonyl (C=O) groups excluding carboxylic acids is 2. The molecule has 0 saturated heterocycles. The Labute approximate surface area is 137 Å². The molecule has 0 spiro atoms. The zero-order valence-electron chi connectivity index (χ0n) is 12.7. The first-order valence-electron chi connectivity index (χ1n) is 7.38. The van der Waals surface area contributed by atoms with Crippen LogP contribution in [0.15, 0.2) is 54.6 Å². The molecule has 3 aromatic rings. The number of halogens is 1. The molecule has 0 aliphatic carbocycles. The lowest BCUT2D eigenvalue weighted by molar-refractivity contribution is -0.124. The zero-order chi connectivity index (χ0) is 16.9. The van der Waals surface area contributed by atoms with Gasteiger partial charge in [-0.15, -0.1) is 0 Å². The molecule has 0 fully saturated rings. The van der Waals surface area contributed by atoms with Crippen molar-refractivity contribution in [1.29, 1.82) is 0 Å². The van der Waals surface area contributed by atoms with Crippen LogP contribution in [-0.4, -0.2) is 23.5 Å².